The van der Waals surface area contributed by atoms with Crippen molar-refractivity contribution >= 4 is 0 Å². The molecule has 3 atom stereocenters. The Hall–Kier alpha value is -0.900. The fourth-order valence-electron chi connectivity index (χ4n) is 3.81. The van der Waals surface area contributed by atoms with Crippen LogP contribution in [0.25, 0.3) is 0 Å². The van der Waals surface area contributed by atoms with E-state index >= 15 is 0 Å². The summed E-state index contributed by atoms with van der Waals surface area (Å²) in [5.41, 5.74) is 1.44. The van der Waals surface area contributed by atoms with Crippen LogP contribution in [0, 0.1) is 0 Å². The van der Waals surface area contributed by atoms with E-state index in [4.69, 9.17) is 4.74 Å². The van der Waals surface area contributed by atoms with Gasteiger partial charge < -0.3 is 10.1 Å². The van der Waals surface area contributed by atoms with Crippen molar-refractivity contribution in [3.8, 4) is 0 Å². The van der Waals surface area contributed by atoms with Crippen LogP contribution in [0.3, 0.4) is 0 Å². The molecule has 0 spiro atoms. The third-order valence-electron chi connectivity index (χ3n) is 4.87. The zero-order valence-corrected chi connectivity index (χ0v) is 13.5. The lowest BCUT2D eigenvalue weighted by molar-refractivity contribution is -0.0940. The normalized spacial score (nSPS) is 33.8. The minimum Gasteiger partial charge on any atom is -0.375 e. The van der Waals surface area contributed by atoms with Gasteiger partial charge in [-0.2, -0.15) is 0 Å². The van der Waals surface area contributed by atoms with Crippen LogP contribution in [-0.2, 0) is 4.74 Å². The predicted octanol–water partition coefficient (Wildman–Crippen LogP) is 2.98. The topological polar surface area (TPSA) is 24.5 Å². The van der Waals surface area contributed by atoms with Gasteiger partial charge in [-0.25, -0.2) is 0 Å². The highest BCUT2D eigenvalue weighted by molar-refractivity contribution is 5.20. The number of nitrogens with one attached hydrogen (secondary N) is 1. The van der Waals surface area contributed by atoms with Gasteiger partial charge in [-0.3, -0.25) is 4.90 Å². The summed E-state index contributed by atoms with van der Waals surface area (Å²) in [6.07, 6.45) is 2.28. The first-order valence-electron chi connectivity index (χ1n) is 8.23. The van der Waals surface area contributed by atoms with Crippen LogP contribution in [0.5, 0.6) is 0 Å². The number of ether oxygens (including phenoxy) is 1. The summed E-state index contributed by atoms with van der Waals surface area (Å²) in [5, 5.41) is 3.65. The molecule has 0 saturated carbocycles. The zero-order chi connectivity index (χ0) is 14.9. The minimum absolute atomic E-state index is 0.0122. The fourth-order valence-corrected chi connectivity index (χ4v) is 3.81. The molecule has 2 saturated heterocycles. The molecule has 0 aliphatic carbocycles. The van der Waals surface area contributed by atoms with Crippen LogP contribution in [-0.4, -0.2) is 42.3 Å². The van der Waals surface area contributed by atoms with Gasteiger partial charge in [0.1, 0.15) is 0 Å². The standard InChI is InChI=1S/C18H28N2O/c1-14-13-20(16-9-10-21-18(2,3)11-16)17(12-19-14)15-7-5-4-6-8-15/h4-8,14,16-17,19H,9-13H2,1-3H3. The Labute approximate surface area is 128 Å². The van der Waals surface area contributed by atoms with E-state index < -0.39 is 0 Å². The molecule has 0 bridgehead atoms. The van der Waals surface area contributed by atoms with Crippen molar-refractivity contribution in [2.24, 2.45) is 0 Å². The van der Waals surface area contributed by atoms with Crippen LogP contribution in [0.4, 0.5) is 0 Å². The van der Waals surface area contributed by atoms with E-state index in [9.17, 15) is 0 Å². The van der Waals surface area contributed by atoms with E-state index in [1.54, 1.807) is 0 Å². The van der Waals surface area contributed by atoms with Crippen molar-refractivity contribution in [2.75, 3.05) is 19.7 Å². The van der Waals surface area contributed by atoms with Gasteiger partial charge >= 0.3 is 0 Å². The molecule has 2 fully saturated rings. The molecular formula is C18H28N2O. The average Bonchev–Trinajstić information content (AvgIpc) is 2.47. The van der Waals surface area contributed by atoms with Crippen LogP contribution in [0.2, 0.25) is 0 Å². The number of piperazine rings is 1. The van der Waals surface area contributed by atoms with Gasteiger partial charge in [0.15, 0.2) is 0 Å². The third-order valence-corrected chi connectivity index (χ3v) is 4.87. The number of nitrogens with zero attached hydrogens (tertiary/aromatic N) is 1. The van der Waals surface area contributed by atoms with E-state index in [2.05, 4.69) is 61.3 Å². The Morgan fingerprint density at radius 3 is 2.71 bits per heavy atom. The second-order valence-electron chi connectivity index (χ2n) is 7.19. The van der Waals surface area contributed by atoms with Gasteiger partial charge in [0.25, 0.3) is 0 Å². The Morgan fingerprint density at radius 1 is 1.24 bits per heavy atom. The molecule has 0 amide bonds. The summed E-state index contributed by atoms with van der Waals surface area (Å²) in [6.45, 7) is 9.80. The Balaban J connectivity index is 1.81. The molecule has 2 aliphatic heterocycles. The van der Waals surface area contributed by atoms with E-state index in [1.807, 2.05) is 0 Å². The van der Waals surface area contributed by atoms with Gasteiger partial charge in [-0.1, -0.05) is 30.3 Å². The summed E-state index contributed by atoms with van der Waals surface area (Å²) >= 11 is 0. The monoisotopic (exact) mass is 288 g/mol. The summed E-state index contributed by atoms with van der Waals surface area (Å²) < 4.78 is 5.91. The van der Waals surface area contributed by atoms with Gasteiger partial charge in [0.2, 0.25) is 0 Å². The number of rotatable bonds is 2. The van der Waals surface area contributed by atoms with E-state index in [0.717, 1.165) is 32.5 Å². The van der Waals surface area contributed by atoms with E-state index in [1.165, 1.54) is 5.56 Å². The molecule has 2 aliphatic rings. The molecule has 3 heteroatoms. The van der Waals surface area contributed by atoms with Crippen LogP contribution in [0.1, 0.15) is 45.2 Å². The Bertz CT molecular complexity index is 460. The van der Waals surface area contributed by atoms with Gasteiger partial charge in [-0.05, 0) is 39.2 Å². The first-order valence-corrected chi connectivity index (χ1v) is 8.23. The lowest BCUT2D eigenvalue weighted by atomic mass is 9.89. The summed E-state index contributed by atoms with van der Waals surface area (Å²) in [7, 11) is 0. The fraction of sp³-hybridized carbons (Fsp3) is 0.667. The molecule has 3 rings (SSSR count). The molecule has 3 nitrogen and oxygen atoms in total. The average molecular weight is 288 g/mol. The zero-order valence-electron chi connectivity index (χ0n) is 13.5. The van der Waals surface area contributed by atoms with Crippen molar-refractivity contribution in [1.29, 1.82) is 0 Å². The Morgan fingerprint density at radius 2 is 2.00 bits per heavy atom. The number of hydrogen-bond donors (Lipinski definition) is 1. The van der Waals surface area contributed by atoms with Crippen LogP contribution >= 0.6 is 0 Å². The SMILES string of the molecule is CC1CN(C2CCOC(C)(C)C2)C(c2ccccc2)CN1. The summed E-state index contributed by atoms with van der Waals surface area (Å²) in [6, 6.07) is 12.6. The third kappa shape index (κ3) is 3.47. The van der Waals surface area contributed by atoms with Crippen molar-refractivity contribution in [1.82, 2.24) is 10.2 Å². The molecule has 1 aromatic carbocycles. The second-order valence-corrected chi connectivity index (χ2v) is 7.19. The first-order chi connectivity index (χ1) is 10.1. The van der Waals surface area contributed by atoms with Crippen molar-refractivity contribution in [3.05, 3.63) is 35.9 Å². The molecular weight excluding hydrogens is 260 g/mol. The maximum Gasteiger partial charge on any atom is 0.0641 e. The minimum atomic E-state index is 0.0122. The molecule has 1 N–H and O–H groups in total. The van der Waals surface area contributed by atoms with E-state index in [0.29, 0.717) is 18.1 Å². The molecule has 3 unspecified atom stereocenters. The van der Waals surface area contributed by atoms with Crippen LogP contribution < -0.4 is 5.32 Å². The van der Waals surface area contributed by atoms with Crippen molar-refractivity contribution < 1.29 is 4.74 Å². The number of hydrogen-bond acceptors (Lipinski definition) is 3. The number of benzene rings is 1. The maximum atomic E-state index is 5.91. The highest BCUT2D eigenvalue weighted by atomic mass is 16.5. The molecule has 0 radical (unpaired) electrons. The first kappa shape index (κ1) is 15.0. The summed E-state index contributed by atoms with van der Waals surface area (Å²) in [5.74, 6) is 0. The highest BCUT2D eigenvalue weighted by Gasteiger charge is 2.37. The van der Waals surface area contributed by atoms with Gasteiger partial charge in [0.05, 0.1) is 5.60 Å². The maximum absolute atomic E-state index is 5.91. The highest BCUT2D eigenvalue weighted by Crippen LogP contribution is 2.33. The quantitative estimate of drug-likeness (QED) is 0.905. The molecule has 21 heavy (non-hydrogen) atoms. The predicted molar refractivity (Wildman–Crippen MR) is 86.4 cm³/mol. The Kier molecular flexibility index (Phi) is 4.34. The molecule has 0 aromatic heterocycles. The second kappa shape index (κ2) is 6.07. The van der Waals surface area contributed by atoms with Gasteiger partial charge in [0, 0.05) is 37.8 Å². The van der Waals surface area contributed by atoms with Crippen molar-refractivity contribution in [2.45, 2.75) is 57.3 Å². The molecule has 1 aromatic rings. The molecule has 116 valence electrons. The smallest absolute Gasteiger partial charge is 0.0641 e. The lowest BCUT2D eigenvalue weighted by Gasteiger charge is -2.48. The summed E-state index contributed by atoms with van der Waals surface area (Å²) in [4.78, 5) is 2.72. The van der Waals surface area contributed by atoms with Crippen molar-refractivity contribution in [3.63, 3.8) is 0 Å². The van der Waals surface area contributed by atoms with E-state index in [-0.39, 0.29) is 5.60 Å². The largest absolute Gasteiger partial charge is 0.375 e. The lowest BCUT2D eigenvalue weighted by Crippen LogP contribution is -2.57. The van der Waals surface area contributed by atoms with Gasteiger partial charge in [-0.15, -0.1) is 0 Å². The molecule has 2 heterocycles. The van der Waals surface area contributed by atoms with Crippen LogP contribution in [0.15, 0.2) is 30.3 Å².